The molecule has 2 atom stereocenters. The Labute approximate surface area is 82.4 Å². The van der Waals surface area contributed by atoms with E-state index < -0.39 is 12.5 Å². The fourth-order valence-corrected chi connectivity index (χ4v) is 1.20. The second-order valence-electron chi connectivity index (χ2n) is 3.30. The van der Waals surface area contributed by atoms with Crippen LogP contribution in [0.4, 0.5) is 8.78 Å². The number of nitrogens with zero attached hydrogens (tertiary/aromatic N) is 1. The summed E-state index contributed by atoms with van der Waals surface area (Å²) in [5.74, 6) is 0. The first kappa shape index (κ1) is 11.0. The number of aromatic nitrogens is 1. The van der Waals surface area contributed by atoms with Gasteiger partial charge in [0.25, 0.3) is 6.43 Å². The first-order valence-electron chi connectivity index (χ1n) is 4.55. The lowest BCUT2D eigenvalue weighted by molar-refractivity contribution is 0.101. The SMILES string of the molecule is CC(NC(C)C(F)F)c1cccnc1. The van der Waals surface area contributed by atoms with E-state index in [4.69, 9.17) is 0 Å². The van der Waals surface area contributed by atoms with Crippen molar-refractivity contribution in [2.75, 3.05) is 0 Å². The zero-order valence-electron chi connectivity index (χ0n) is 8.24. The second-order valence-corrected chi connectivity index (χ2v) is 3.30. The molecule has 2 nitrogen and oxygen atoms in total. The van der Waals surface area contributed by atoms with Crippen LogP contribution in [0.1, 0.15) is 25.5 Å². The van der Waals surface area contributed by atoms with Gasteiger partial charge >= 0.3 is 0 Å². The molecule has 0 amide bonds. The summed E-state index contributed by atoms with van der Waals surface area (Å²) in [7, 11) is 0. The minimum Gasteiger partial charge on any atom is -0.302 e. The van der Waals surface area contributed by atoms with E-state index in [-0.39, 0.29) is 6.04 Å². The third-order valence-corrected chi connectivity index (χ3v) is 2.08. The van der Waals surface area contributed by atoms with Gasteiger partial charge in [0.15, 0.2) is 0 Å². The summed E-state index contributed by atoms with van der Waals surface area (Å²) < 4.78 is 24.5. The topological polar surface area (TPSA) is 24.9 Å². The molecular weight excluding hydrogens is 186 g/mol. The van der Waals surface area contributed by atoms with Crippen LogP contribution in [0.15, 0.2) is 24.5 Å². The maximum Gasteiger partial charge on any atom is 0.253 e. The van der Waals surface area contributed by atoms with E-state index in [9.17, 15) is 8.78 Å². The fourth-order valence-electron chi connectivity index (χ4n) is 1.20. The van der Waals surface area contributed by atoms with E-state index in [0.29, 0.717) is 0 Å². The van der Waals surface area contributed by atoms with Crippen molar-refractivity contribution in [3.8, 4) is 0 Å². The van der Waals surface area contributed by atoms with Crippen molar-refractivity contribution >= 4 is 0 Å². The monoisotopic (exact) mass is 200 g/mol. The van der Waals surface area contributed by atoms with Crippen LogP contribution in [0, 0.1) is 0 Å². The highest BCUT2D eigenvalue weighted by molar-refractivity contribution is 5.12. The lowest BCUT2D eigenvalue weighted by Crippen LogP contribution is -2.34. The normalized spacial score (nSPS) is 15.5. The minimum atomic E-state index is -2.34. The Bertz CT molecular complexity index is 264. The van der Waals surface area contributed by atoms with Crippen LogP contribution in [0.5, 0.6) is 0 Å². The molecule has 0 aliphatic rings. The molecule has 0 saturated carbocycles. The summed E-state index contributed by atoms with van der Waals surface area (Å²) in [6, 6.07) is 2.75. The summed E-state index contributed by atoms with van der Waals surface area (Å²) in [6.45, 7) is 3.31. The van der Waals surface area contributed by atoms with Crippen LogP contribution in [0.3, 0.4) is 0 Å². The molecule has 0 saturated heterocycles. The van der Waals surface area contributed by atoms with Gasteiger partial charge in [-0.3, -0.25) is 4.98 Å². The summed E-state index contributed by atoms with van der Waals surface area (Å²) in [5.41, 5.74) is 0.917. The Morgan fingerprint density at radius 2 is 2.07 bits per heavy atom. The second kappa shape index (κ2) is 5.00. The molecule has 1 heterocycles. The predicted octanol–water partition coefficient (Wildman–Crippen LogP) is 2.39. The van der Waals surface area contributed by atoms with Gasteiger partial charge in [0.2, 0.25) is 0 Å². The van der Waals surface area contributed by atoms with Crippen molar-refractivity contribution < 1.29 is 8.78 Å². The van der Waals surface area contributed by atoms with Gasteiger partial charge in [-0.15, -0.1) is 0 Å². The summed E-state index contributed by atoms with van der Waals surface area (Å²) >= 11 is 0. The molecule has 1 rings (SSSR count). The zero-order chi connectivity index (χ0) is 10.6. The molecule has 0 bridgehead atoms. The fraction of sp³-hybridized carbons (Fsp3) is 0.500. The molecule has 0 aromatic carbocycles. The molecule has 4 heteroatoms. The molecule has 0 radical (unpaired) electrons. The molecule has 1 aromatic heterocycles. The Morgan fingerprint density at radius 1 is 1.36 bits per heavy atom. The average molecular weight is 200 g/mol. The van der Waals surface area contributed by atoms with Gasteiger partial charge in [0, 0.05) is 18.4 Å². The number of hydrogen-bond acceptors (Lipinski definition) is 2. The van der Waals surface area contributed by atoms with E-state index in [2.05, 4.69) is 10.3 Å². The summed E-state index contributed by atoms with van der Waals surface area (Å²) in [6.07, 6.45) is 0.997. The molecule has 0 aliphatic carbocycles. The third-order valence-electron chi connectivity index (χ3n) is 2.08. The highest BCUT2D eigenvalue weighted by atomic mass is 19.3. The van der Waals surface area contributed by atoms with Crippen molar-refractivity contribution in [1.82, 2.24) is 10.3 Å². The molecule has 0 fully saturated rings. The standard InChI is InChI=1S/C10H14F2N2/c1-7(14-8(2)10(11)12)9-4-3-5-13-6-9/h3-8,10,14H,1-2H3. The highest BCUT2D eigenvalue weighted by Gasteiger charge is 2.17. The van der Waals surface area contributed by atoms with Gasteiger partial charge in [-0.25, -0.2) is 8.78 Å². The largest absolute Gasteiger partial charge is 0.302 e. The smallest absolute Gasteiger partial charge is 0.253 e. The van der Waals surface area contributed by atoms with Crippen molar-refractivity contribution in [2.24, 2.45) is 0 Å². The maximum atomic E-state index is 12.2. The Balaban J connectivity index is 2.55. The highest BCUT2D eigenvalue weighted by Crippen LogP contribution is 2.12. The van der Waals surface area contributed by atoms with Crippen molar-refractivity contribution in [3.63, 3.8) is 0 Å². The number of pyridine rings is 1. The lowest BCUT2D eigenvalue weighted by Gasteiger charge is -2.19. The van der Waals surface area contributed by atoms with Crippen molar-refractivity contribution in [3.05, 3.63) is 30.1 Å². The minimum absolute atomic E-state index is 0.104. The van der Waals surface area contributed by atoms with Gasteiger partial charge in [-0.05, 0) is 25.5 Å². The van der Waals surface area contributed by atoms with Crippen LogP contribution in [0.2, 0.25) is 0 Å². The first-order chi connectivity index (χ1) is 6.61. The van der Waals surface area contributed by atoms with Gasteiger partial charge in [-0.1, -0.05) is 6.07 Å². The molecule has 78 valence electrons. The maximum absolute atomic E-state index is 12.2. The number of halogens is 2. The van der Waals surface area contributed by atoms with Gasteiger partial charge in [0.05, 0.1) is 6.04 Å². The van der Waals surface area contributed by atoms with E-state index >= 15 is 0 Å². The third kappa shape index (κ3) is 3.03. The zero-order valence-corrected chi connectivity index (χ0v) is 8.24. The number of alkyl halides is 2. The van der Waals surface area contributed by atoms with Crippen LogP contribution < -0.4 is 5.32 Å². The van der Waals surface area contributed by atoms with Gasteiger partial charge < -0.3 is 5.32 Å². The molecular formula is C10H14F2N2. The van der Waals surface area contributed by atoms with Crippen LogP contribution >= 0.6 is 0 Å². The quantitative estimate of drug-likeness (QED) is 0.807. The Morgan fingerprint density at radius 3 is 2.57 bits per heavy atom. The van der Waals surface area contributed by atoms with Crippen molar-refractivity contribution in [1.29, 1.82) is 0 Å². The summed E-state index contributed by atoms with van der Waals surface area (Å²) in [5, 5.41) is 2.81. The average Bonchev–Trinajstić information content (AvgIpc) is 2.19. The van der Waals surface area contributed by atoms with Crippen molar-refractivity contribution in [2.45, 2.75) is 32.4 Å². The first-order valence-corrected chi connectivity index (χ1v) is 4.55. The molecule has 2 unspecified atom stereocenters. The molecule has 0 aliphatic heterocycles. The molecule has 0 spiro atoms. The van der Waals surface area contributed by atoms with Crippen LogP contribution in [-0.4, -0.2) is 17.5 Å². The molecule has 1 N–H and O–H groups in total. The van der Waals surface area contributed by atoms with Gasteiger partial charge in [-0.2, -0.15) is 0 Å². The van der Waals surface area contributed by atoms with E-state index in [1.165, 1.54) is 6.92 Å². The molecule has 14 heavy (non-hydrogen) atoms. The molecule has 1 aromatic rings. The Hall–Kier alpha value is -1.03. The van der Waals surface area contributed by atoms with Gasteiger partial charge in [0.1, 0.15) is 0 Å². The number of hydrogen-bond donors (Lipinski definition) is 1. The number of rotatable bonds is 4. The Kier molecular flexibility index (Phi) is 3.95. The van der Waals surface area contributed by atoms with E-state index in [1.54, 1.807) is 18.5 Å². The predicted molar refractivity (Wildman–Crippen MR) is 51.3 cm³/mol. The van der Waals surface area contributed by atoms with E-state index in [0.717, 1.165) is 5.56 Å². The summed E-state index contributed by atoms with van der Waals surface area (Å²) in [4.78, 5) is 3.93. The number of nitrogens with one attached hydrogen (secondary N) is 1. The lowest BCUT2D eigenvalue weighted by atomic mass is 10.1. The van der Waals surface area contributed by atoms with E-state index in [1.807, 2.05) is 13.0 Å². The van der Waals surface area contributed by atoms with Crippen LogP contribution in [0.25, 0.3) is 0 Å². The van der Waals surface area contributed by atoms with Crippen LogP contribution in [-0.2, 0) is 0 Å².